The molecule has 0 aliphatic carbocycles. The number of benzene rings is 1. The summed E-state index contributed by atoms with van der Waals surface area (Å²) in [6.07, 6.45) is 1.16. The molecule has 0 saturated carbocycles. The molecule has 0 aliphatic heterocycles. The molecule has 0 bridgehead atoms. The number of carbonyl (C=O) groups is 1. The van der Waals surface area contributed by atoms with Gasteiger partial charge in [-0.2, -0.15) is 0 Å². The molecule has 0 fully saturated rings. The number of phenolic OH excluding ortho intramolecular Hbond substituents is 1. The van der Waals surface area contributed by atoms with Crippen molar-refractivity contribution in [2.75, 3.05) is 0 Å². The van der Waals surface area contributed by atoms with Crippen LogP contribution in [0.25, 0.3) is 0 Å². The zero-order chi connectivity index (χ0) is 9.68. The minimum atomic E-state index is -0.270. The van der Waals surface area contributed by atoms with Gasteiger partial charge in [0, 0.05) is 12.5 Å². The Morgan fingerprint density at radius 1 is 1.54 bits per heavy atom. The van der Waals surface area contributed by atoms with Crippen molar-refractivity contribution in [3.8, 4) is 11.5 Å². The van der Waals surface area contributed by atoms with Gasteiger partial charge >= 0.3 is 5.97 Å². The van der Waals surface area contributed by atoms with E-state index in [1.807, 2.05) is 6.92 Å². The molecule has 0 aromatic heterocycles. The molecule has 3 nitrogen and oxygen atoms in total. The minimum absolute atomic E-state index is 0.0989. The zero-order valence-corrected chi connectivity index (χ0v) is 7.49. The van der Waals surface area contributed by atoms with Gasteiger partial charge in [0.05, 0.1) is 0 Å². The van der Waals surface area contributed by atoms with Gasteiger partial charge in [-0.3, -0.25) is 4.79 Å². The number of aromatic hydroxyl groups is 1. The topological polar surface area (TPSA) is 46.5 Å². The standard InChI is InChI=1S/C10H12O3/c1-2-4-10(12)13-9-6-3-5-8(11)7-9/h3,5-7,11H,2,4H2,1H3. The molecule has 0 saturated heterocycles. The maximum absolute atomic E-state index is 11.0. The van der Waals surface area contributed by atoms with Gasteiger partial charge in [-0.15, -0.1) is 0 Å². The molecular formula is C10H12O3. The van der Waals surface area contributed by atoms with E-state index in [-0.39, 0.29) is 11.7 Å². The summed E-state index contributed by atoms with van der Waals surface area (Å²) in [6, 6.07) is 6.20. The van der Waals surface area contributed by atoms with Crippen LogP contribution in [-0.2, 0) is 4.79 Å². The average Bonchev–Trinajstić information content (AvgIpc) is 2.04. The number of rotatable bonds is 3. The Hall–Kier alpha value is -1.51. The lowest BCUT2D eigenvalue weighted by atomic mass is 10.3. The van der Waals surface area contributed by atoms with Crippen molar-refractivity contribution in [1.82, 2.24) is 0 Å². The highest BCUT2D eigenvalue weighted by molar-refractivity contribution is 5.72. The highest BCUT2D eigenvalue weighted by atomic mass is 16.5. The van der Waals surface area contributed by atoms with E-state index >= 15 is 0 Å². The SMILES string of the molecule is CCCC(=O)Oc1cccc(O)c1. The number of ether oxygens (including phenoxy) is 1. The fraction of sp³-hybridized carbons (Fsp3) is 0.300. The third-order valence-corrected chi connectivity index (χ3v) is 1.50. The van der Waals surface area contributed by atoms with Crippen molar-refractivity contribution in [2.45, 2.75) is 19.8 Å². The summed E-state index contributed by atoms with van der Waals surface area (Å²) in [5, 5.41) is 9.06. The second-order valence-corrected chi connectivity index (χ2v) is 2.72. The highest BCUT2D eigenvalue weighted by Gasteiger charge is 2.02. The molecule has 1 rings (SSSR count). The van der Waals surface area contributed by atoms with Crippen LogP contribution in [0.2, 0.25) is 0 Å². The molecule has 70 valence electrons. The lowest BCUT2D eigenvalue weighted by Crippen LogP contribution is -2.06. The number of carbonyl (C=O) groups excluding carboxylic acids is 1. The summed E-state index contributed by atoms with van der Waals surface area (Å²) < 4.78 is 4.94. The third-order valence-electron chi connectivity index (χ3n) is 1.50. The van der Waals surface area contributed by atoms with Crippen LogP contribution < -0.4 is 4.74 Å². The fourth-order valence-corrected chi connectivity index (χ4v) is 0.934. The first-order valence-electron chi connectivity index (χ1n) is 4.22. The van der Waals surface area contributed by atoms with E-state index in [4.69, 9.17) is 9.84 Å². The Morgan fingerprint density at radius 2 is 2.31 bits per heavy atom. The average molecular weight is 180 g/mol. The predicted octanol–water partition coefficient (Wildman–Crippen LogP) is 2.10. The molecule has 0 unspecified atom stereocenters. The Kier molecular flexibility index (Phi) is 3.31. The van der Waals surface area contributed by atoms with E-state index in [2.05, 4.69) is 0 Å². The molecule has 0 radical (unpaired) electrons. The molecule has 13 heavy (non-hydrogen) atoms. The lowest BCUT2D eigenvalue weighted by Gasteiger charge is -2.02. The largest absolute Gasteiger partial charge is 0.508 e. The van der Waals surface area contributed by atoms with Crippen molar-refractivity contribution < 1.29 is 14.6 Å². The van der Waals surface area contributed by atoms with Gasteiger partial charge in [0.2, 0.25) is 0 Å². The molecule has 1 aromatic carbocycles. The van der Waals surface area contributed by atoms with Crippen LogP contribution in [0.5, 0.6) is 11.5 Å². The Bertz CT molecular complexity index is 294. The maximum Gasteiger partial charge on any atom is 0.311 e. The lowest BCUT2D eigenvalue weighted by molar-refractivity contribution is -0.134. The van der Waals surface area contributed by atoms with Gasteiger partial charge in [-0.25, -0.2) is 0 Å². The van der Waals surface area contributed by atoms with Crippen LogP contribution in [0.1, 0.15) is 19.8 Å². The third kappa shape index (κ3) is 3.15. The van der Waals surface area contributed by atoms with Crippen LogP contribution in [0.15, 0.2) is 24.3 Å². The van der Waals surface area contributed by atoms with E-state index in [1.165, 1.54) is 12.1 Å². The predicted molar refractivity (Wildman–Crippen MR) is 48.6 cm³/mol. The van der Waals surface area contributed by atoms with E-state index < -0.39 is 0 Å². The van der Waals surface area contributed by atoms with Crippen molar-refractivity contribution in [3.63, 3.8) is 0 Å². The van der Waals surface area contributed by atoms with Gasteiger partial charge in [-0.05, 0) is 18.6 Å². The number of esters is 1. The molecule has 1 aromatic rings. The number of hydrogen-bond acceptors (Lipinski definition) is 3. The highest BCUT2D eigenvalue weighted by Crippen LogP contribution is 2.18. The molecule has 0 heterocycles. The van der Waals surface area contributed by atoms with Crippen LogP contribution in [0.4, 0.5) is 0 Å². The smallest absolute Gasteiger partial charge is 0.311 e. The van der Waals surface area contributed by atoms with Crippen molar-refractivity contribution in [1.29, 1.82) is 0 Å². The summed E-state index contributed by atoms with van der Waals surface area (Å²) in [4.78, 5) is 11.0. The Labute approximate surface area is 77.0 Å². The van der Waals surface area contributed by atoms with E-state index in [0.717, 1.165) is 6.42 Å². The molecule has 1 N–H and O–H groups in total. The van der Waals surface area contributed by atoms with E-state index in [9.17, 15) is 4.79 Å². The van der Waals surface area contributed by atoms with Crippen molar-refractivity contribution in [2.24, 2.45) is 0 Å². The monoisotopic (exact) mass is 180 g/mol. The van der Waals surface area contributed by atoms with Crippen molar-refractivity contribution >= 4 is 5.97 Å². The molecule has 0 aliphatic rings. The summed E-state index contributed by atoms with van der Waals surface area (Å²) in [5.74, 6) is 0.216. The van der Waals surface area contributed by atoms with Crippen LogP contribution in [0, 0.1) is 0 Å². The minimum Gasteiger partial charge on any atom is -0.508 e. The fourth-order valence-electron chi connectivity index (χ4n) is 0.934. The van der Waals surface area contributed by atoms with Crippen LogP contribution in [-0.4, -0.2) is 11.1 Å². The van der Waals surface area contributed by atoms with Crippen LogP contribution >= 0.6 is 0 Å². The van der Waals surface area contributed by atoms with Gasteiger partial charge in [0.25, 0.3) is 0 Å². The van der Waals surface area contributed by atoms with Gasteiger partial charge in [0.1, 0.15) is 11.5 Å². The van der Waals surface area contributed by atoms with E-state index in [1.54, 1.807) is 12.1 Å². The van der Waals surface area contributed by atoms with E-state index in [0.29, 0.717) is 12.2 Å². The number of phenols is 1. The van der Waals surface area contributed by atoms with Crippen LogP contribution in [0.3, 0.4) is 0 Å². The van der Waals surface area contributed by atoms with Gasteiger partial charge in [0.15, 0.2) is 0 Å². The molecule has 0 spiro atoms. The first-order chi connectivity index (χ1) is 6.22. The first-order valence-corrected chi connectivity index (χ1v) is 4.22. The second-order valence-electron chi connectivity index (χ2n) is 2.72. The van der Waals surface area contributed by atoms with Crippen molar-refractivity contribution in [3.05, 3.63) is 24.3 Å². The first kappa shape index (κ1) is 9.58. The maximum atomic E-state index is 11.0. The summed E-state index contributed by atoms with van der Waals surface area (Å²) in [6.45, 7) is 1.91. The Balaban J connectivity index is 2.58. The second kappa shape index (κ2) is 4.50. The zero-order valence-electron chi connectivity index (χ0n) is 7.49. The molecular weight excluding hydrogens is 168 g/mol. The quantitative estimate of drug-likeness (QED) is 0.572. The molecule has 3 heteroatoms. The van der Waals surface area contributed by atoms with Gasteiger partial charge in [-0.1, -0.05) is 13.0 Å². The number of hydrogen-bond donors (Lipinski definition) is 1. The molecule has 0 amide bonds. The normalized spacial score (nSPS) is 9.62. The molecule has 0 atom stereocenters. The summed E-state index contributed by atoms with van der Waals surface area (Å²) in [5.41, 5.74) is 0. The Morgan fingerprint density at radius 3 is 2.92 bits per heavy atom. The summed E-state index contributed by atoms with van der Waals surface area (Å²) in [7, 11) is 0. The summed E-state index contributed by atoms with van der Waals surface area (Å²) >= 11 is 0. The van der Waals surface area contributed by atoms with Gasteiger partial charge < -0.3 is 9.84 Å².